The Balaban J connectivity index is 2.09. The first kappa shape index (κ1) is 11.5. The summed E-state index contributed by atoms with van der Waals surface area (Å²) in [5, 5.41) is 2.19. The van der Waals surface area contributed by atoms with Gasteiger partial charge in [0.25, 0.3) is 0 Å². The molecule has 1 fully saturated rings. The normalized spacial score (nSPS) is 20.4. The lowest BCUT2D eigenvalue weighted by molar-refractivity contribution is -0.122. The van der Waals surface area contributed by atoms with Gasteiger partial charge in [-0.05, 0) is 17.7 Å². The molecule has 90 valence electrons. The van der Waals surface area contributed by atoms with Crippen LogP contribution < -0.4 is 11.1 Å². The van der Waals surface area contributed by atoms with Crippen molar-refractivity contribution < 1.29 is 14.0 Å². The van der Waals surface area contributed by atoms with Gasteiger partial charge in [0.05, 0.1) is 12.6 Å². The van der Waals surface area contributed by atoms with Crippen LogP contribution in [0.15, 0.2) is 24.3 Å². The number of hydrogen-bond donors (Lipinski definition) is 2. The zero-order chi connectivity index (χ0) is 12.4. The predicted molar refractivity (Wildman–Crippen MR) is 58.1 cm³/mol. The lowest BCUT2D eigenvalue weighted by Gasteiger charge is -2.32. The van der Waals surface area contributed by atoms with Gasteiger partial charge in [0.1, 0.15) is 5.82 Å². The van der Waals surface area contributed by atoms with Gasteiger partial charge < -0.3 is 10.6 Å². The fourth-order valence-corrected chi connectivity index (χ4v) is 1.67. The van der Waals surface area contributed by atoms with E-state index in [0.717, 1.165) is 5.56 Å². The van der Waals surface area contributed by atoms with E-state index >= 15 is 0 Å². The van der Waals surface area contributed by atoms with Crippen molar-refractivity contribution in [2.75, 3.05) is 0 Å². The number of carbonyl (C=O) groups excluding carboxylic acids is 2. The molecule has 1 aliphatic heterocycles. The maximum Gasteiger partial charge on any atom is 0.325 e. The Labute approximate surface area is 97.4 Å². The second-order valence-electron chi connectivity index (χ2n) is 3.88. The Hall–Kier alpha value is -1.95. The first-order chi connectivity index (χ1) is 8.06. The van der Waals surface area contributed by atoms with Crippen LogP contribution in [0, 0.1) is 5.82 Å². The molecule has 0 spiro atoms. The second kappa shape index (κ2) is 4.50. The van der Waals surface area contributed by atoms with Crippen molar-refractivity contribution in [3.05, 3.63) is 35.6 Å². The second-order valence-corrected chi connectivity index (χ2v) is 3.88. The molecule has 1 saturated heterocycles. The summed E-state index contributed by atoms with van der Waals surface area (Å²) in [6, 6.07) is 5.26. The van der Waals surface area contributed by atoms with E-state index in [-0.39, 0.29) is 24.7 Å². The van der Waals surface area contributed by atoms with Gasteiger partial charge in [0.15, 0.2) is 0 Å². The average Bonchev–Trinajstić information content (AvgIpc) is 2.26. The third-order valence-electron chi connectivity index (χ3n) is 2.57. The number of rotatable bonds is 2. The average molecular weight is 237 g/mol. The number of hydrogen-bond acceptors (Lipinski definition) is 3. The Bertz CT molecular complexity index is 447. The monoisotopic (exact) mass is 237 g/mol. The van der Waals surface area contributed by atoms with Crippen LogP contribution in [-0.4, -0.2) is 23.0 Å². The molecule has 0 saturated carbocycles. The van der Waals surface area contributed by atoms with E-state index in [0.29, 0.717) is 0 Å². The number of nitrogens with one attached hydrogen (secondary N) is 1. The van der Waals surface area contributed by atoms with Crippen molar-refractivity contribution in [3.8, 4) is 0 Å². The van der Waals surface area contributed by atoms with Crippen LogP contribution in [0.2, 0.25) is 0 Å². The molecule has 2 rings (SSSR count). The van der Waals surface area contributed by atoms with Crippen LogP contribution in [0.25, 0.3) is 0 Å². The highest BCUT2D eigenvalue weighted by Gasteiger charge is 2.29. The highest BCUT2D eigenvalue weighted by Crippen LogP contribution is 2.12. The Morgan fingerprint density at radius 3 is 2.59 bits per heavy atom. The summed E-state index contributed by atoms with van der Waals surface area (Å²) in [5.74, 6) is -0.714. The number of imide groups is 1. The molecule has 1 heterocycles. The standard InChI is InChI=1S/C11H12FN3O2/c12-8-3-1-7(2-4-8)6-15-9(13)5-10(16)14-11(15)17/h1-4,9H,5-6,13H2,(H,14,16,17). The lowest BCUT2D eigenvalue weighted by atomic mass is 10.1. The van der Waals surface area contributed by atoms with E-state index in [9.17, 15) is 14.0 Å². The number of halogens is 1. The molecular weight excluding hydrogens is 225 g/mol. The number of nitrogens with zero attached hydrogens (tertiary/aromatic N) is 1. The molecule has 1 atom stereocenters. The van der Waals surface area contributed by atoms with Gasteiger partial charge in [-0.1, -0.05) is 12.1 Å². The number of amides is 3. The van der Waals surface area contributed by atoms with Gasteiger partial charge in [-0.15, -0.1) is 0 Å². The van der Waals surface area contributed by atoms with Gasteiger partial charge in [0.2, 0.25) is 5.91 Å². The smallest absolute Gasteiger partial charge is 0.311 e. The number of nitrogens with two attached hydrogens (primary N) is 1. The molecule has 0 aliphatic carbocycles. The minimum atomic E-state index is -0.638. The number of urea groups is 1. The Morgan fingerprint density at radius 2 is 2.00 bits per heavy atom. The summed E-state index contributed by atoms with van der Waals surface area (Å²) < 4.78 is 12.7. The summed E-state index contributed by atoms with van der Waals surface area (Å²) in [6.07, 6.45) is -0.561. The van der Waals surface area contributed by atoms with E-state index < -0.39 is 12.2 Å². The molecule has 6 heteroatoms. The van der Waals surface area contributed by atoms with E-state index in [4.69, 9.17) is 5.73 Å². The van der Waals surface area contributed by atoms with Crippen LogP contribution in [0.3, 0.4) is 0 Å². The maximum atomic E-state index is 12.7. The van der Waals surface area contributed by atoms with Crippen molar-refractivity contribution in [3.63, 3.8) is 0 Å². The lowest BCUT2D eigenvalue weighted by Crippen LogP contribution is -2.57. The van der Waals surface area contributed by atoms with Crippen molar-refractivity contribution >= 4 is 11.9 Å². The van der Waals surface area contributed by atoms with E-state index in [1.165, 1.54) is 17.0 Å². The van der Waals surface area contributed by atoms with Gasteiger partial charge in [-0.25, -0.2) is 9.18 Å². The minimum Gasteiger partial charge on any atom is -0.311 e. The SMILES string of the molecule is NC1CC(=O)NC(=O)N1Cc1ccc(F)cc1. The van der Waals surface area contributed by atoms with Crippen molar-refractivity contribution in [1.29, 1.82) is 0 Å². The van der Waals surface area contributed by atoms with Gasteiger partial charge >= 0.3 is 6.03 Å². The molecular formula is C11H12FN3O2. The number of carbonyl (C=O) groups is 2. The molecule has 1 aromatic rings. The van der Waals surface area contributed by atoms with Gasteiger partial charge in [0, 0.05) is 6.54 Å². The van der Waals surface area contributed by atoms with Crippen LogP contribution in [0.1, 0.15) is 12.0 Å². The summed E-state index contributed by atoms with van der Waals surface area (Å²) in [5.41, 5.74) is 6.46. The fourth-order valence-electron chi connectivity index (χ4n) is 1.67. The topological polar surface area (TPSA) is 75.4 Å². The Morgan fingerprint density at radius 1 is 1.35 bits per heavy atom. The summed E-state index contributed by atoms with van der Waals surface area (Å²) in [7, 11) is 0. The van der Waals surface area contributed by atoms with Crippen LogP contribution in [0.5, 0.6) is 0 Å². The third-order valence-corrected chi connectivity index (χ3v) is 2.57. The van der Waals surface area contributed by atoms with Crippen LogP contribution in [0.4, 0.5) is 9.18 Å². The highest BCUT2D eigenvalue weighted by atomic mass is 19.1. The fraction of sp³-hybridized carbons (Fsp3) is 0.273. The van der Waals surface area contributed by atoms with Crippen molar-refractivity contribution in [1.82, 2.24) is 10.2 Å². The highest BCUT2D eigenvalue weighted by molar-refractivity contribution is 5.97. The van der Waals surface area contributed by atoms with Gasteiger partial charge in [-0.2, -0.15) is 0 Å². The zero-order valence-corrected chi connectivity index (χ0v) is 9.02. The van der Waals surface area contributed by atoms with E-state index in [2.05, 4.69) is 5.32 Å². The molecule has 1 aromatic carbocycles. The Kier molecular flexibility index (Phi) is 3.06. The first-order valence-electron chi connectivity index (χ1n) is 5.17. The summed E-state index contributed by atoms with van der Waals surface area (Å²) >= 11 is 0. The molecule has 5 nitrogen and oxygen atoms in total. The van der Waals surface area contributed by atoms with E-state index in [1.54, 1.807) is 12.1 Å². The number of benzene rings is 1. The molecule has 3 N–H and O–H groups in total. The molecule has 0 bridgehead atoms. The quantitative estimate of drug-likeness (QED) is 0.788. The summed E-state index contributed by atoms with van der Waals surface area (Å²) in [6.45, 7) is 0.251. The molecule has 1 unspecified atom stereocenters. The molecule has 3 amide bonds. The predicted octanol–water partition coefficient (Wildman–Crippen LogP) is 0.552. The molecule has 0 aromatic heterocycles. The molecule has 0 radical (unpaired) electrons. The van der Waals surface area contributed by atoms with E-state index in [1.807, 2.05) is 0 Å². The van der Waals surface area contributed by atoms with Crippen molar-refractivity contribution in [2.24, 2.45) is 5.73 Å². The zero-order valence-electron chi connectivity index (χ0n) is 9.02. The maximum absolute atomic E-state index is 12.7. The first-order valence-corrected chi connectivity index (χ1v) is 5.17. The van der Waals surface area contributed by atoms with Crippen LogP contribution in [-0.2, 0) is 11.3 Å². The third kappa shape index (κ3) is 2.59. The minimum absolute atomic E-state index is 0.0763. The molecule has 1 aliphatic rings. The van der Waals surface area contributed by atoms with Gasteiger partial charge in [-0.3, -0.25) is 10.1 Å². The molecule has 17 heavy (non-hydrogen) atoms. The van der Waals surface area contributed by atoms with Crippen molar-refractivity contribution in [2.45, 2.75) is 19.1 Å². The largest absolute Gasteiger partial charge is 0.325 e. The van der Waals surface area contributed by atoms with Crippen LogP contribution >= 0.6 is 0 Å². The summed E-state index contributed by atoms with van der Waals surface area (Å²) in [4.78, 5) is 23.9.